The molecule has 0 spiro atoms. The molecule has 3 rings (SSSR count). The maximum absolute atomic E-state index is 12.1. The van der Waals surface area contributed by atoms with Crippen molar-refractivity contribution in [3.63, 3.8) is 0 Å². The number of aromatic nitrogens is 1. The average molecular weight is 335 g/mol. The van der Waals surface area contributed by atoms with Crippen LogP contribution in [0.25, 0.3) is 10.9 Å². The Labute approximate surface area is 144 Å². The summed E-state index contributed by atoms with van der Waals surface area (Å²) < 4.78 is 5.06. The molecule has 0 aliphatic rings. The Kier molecular flexibility index (Phi) is 4.89. The number of para-hydroxylation sites is 1. The van der Waals surface area contributed by atoms with E-state index in [2.05, 4.69) is 15.6 Å². The minimum absolute atomic E-state index is 0.282. The number of ether oxygens (including phenoxy) is 1. The van der Waals surface area contributed by atoms with Crippen molar-refractivity contribution in [2.45, 2.75) is 6.42 Å². The molecule has 2 amide bonds. The van der Waals surface area contributed by atoms with Gasteiger partial charge >= 0.3 is 0 Å². The van der Waals surface area contributed by atoms with Gasteiger partial charge in [0.15, 0.2) is 0 Å². The van der Waals surface area contributed by atoms with Crippen molar-refractivity contribution in [2.24, 2.45) is 0 Å². The zero-order valence-electron chi connectivity index (χ0n) is 13.7. The van der Waals surface area contributed by atoms with E-state index in [1.165, 1.54) is 0 Å². The smallest absolute Gasteiger partial charge is 0.233 e. The lowest BCUT2D eigenvalue weighted by molar-refractivity contribution is -0.123. The van der Waals surface area contributed by atoms with Crippen molar-refractivity contribution in [1.82, 2.24) is 4.98 Å². The van der Waals surface area contributed by atoms with Crippen molar-refractivity contribution < 1.29 is 14.3 Å². The van der Waals surface area contributed by atoms with Gasteiger partial charge in [-0.05, 0) is 36.4 Å². The third kappa shape index (κ3) is 4.11. The predicted molar refractivity (Wildman–Crippen MR) is 96.6 cm³/mol. The Morgan fingerprint density at radius 2 is 1.68 bits per heavy atom. The van der Waals surface area contributed by atoms with Crippen LogP contribution in [0.1, 0.15) is 6.42 Å². The number of benzene rings is 2. The Balaban J connectivity index is 1.62. The fourth-order valence-corrected chi connectivity index (χ4v) is 2.42. The summed E-state index contributed by atoms with van der Waals surface area (Å²) in [5.41, 5.74) is 1.87. The topological polar surface area (TPSA) is 80.3 Å². The summed E-state index contributed by atoms with van der Waals surface area (Å²) in [6.07, 6.45) is 1.38. The number of fused-ring (bicyclic) bond motifs is 1. The van der Waals surface area contributed by atoms with Gasteiger partial charge in [-0.2, -0.15) is 0 Å². The van der Waals surface area contributed by atoms with E-state index in [4.69, 9.17) is 4.74 Å². The van der Waals surface area contributed by atoms with Crippen molar-refractivity contribution in [3.8, 4) is 5.75 Å². The highest BCUT2D eigenvalue weighted by molar-refractivity contribution is 6.10. The molecule has 126 valence electrons. The van der Waals surface area contributed by atoms with Gasteiger partial charge in [0.05, 0.1) is 18.3 Å². The lowest BCUT2D eigenvalue weighted by Crippen LogP contribution is -2.21. The summed E-state index contributed by atoms with van der Waals surface area (Å²) in [5.74, 6) is -0.0979. The Morgan fingerprint density at radius 3 is 2.44 bits per heavy atom. The van der Waals surface area contributed by atoms with Crippen molar-refractivity contribution in [3.05, 3.63) is 60.8 Å². The Hall–Kier alpha value is -3.41. The van der Waals surface area contributed by atoms with E-state index in [0.29, 0.717) is 22.6 Å². The standard InChI is InChI=1S/C19H17N3O3/c1-25-15-9-7-14(8-10-15)21-17(23)12-18(24)22-16-6-2-4-13-5-3-11-20-19(13)16/h2-11H,12H2,1H3,(H,21,23)(H,22,24). The van der Waals surface area contributed by atoms with Gasteiger partial charge in [-0.3, -0.25) is 14.6 Å². The predicted octanol–water partition coefficient (Wildman–Crippen LogP) is 3.21. The van der Waals surface area contributed by atoms with Crippen molar-refractivity contribution >= 4 is 34.1 Å². The second-order valence-electron chi connectivity index (χ2n) is 5.38. The molecule has 2 aromatic carbocycles. The number of carbonyl (C=O) groups is 2. The Morgan fingerprint density at radius 1 is 0.960 bits per heavy atom. The van der Waals surface area contributed by atoms with Crippen LogP contribution in [0.4, 0.5) is 11.4 Å². The van der Waals surface area contributed by atoms with Crippen molar-refractivity contribution in [1.29, 1.82) is 0 Å². The van der Waals surface area contributed by atoms with Crippen LogP contribution in [0, 0.1) is 0 Å². The quantitative estimate of drug-likeness (QED) is 0.702. The zero-order chi connectivity index (χ0) is 17.6. The fourth-order valence-electron chi connectivity index (χ4n) is 2.42. The summed E-state index contributed by atoms with van der Waals surface area (Å²) >= 11 is 0. The lowest BCUT2D eigenvalue weighted by Gasteiger charge is -2.09. The van der Waals surface area contributed by atoms with Crippen LogP contribution >= 0.6 is 0 Å². The monoisotopic (exact) mass is 335 g/mol. The van der Waals surface area contributed by atoms with Crippen LogP contribution in [-0.2, 0) is 9.59 Å². The minimum atomic E-state index is -0.399. The molecular weight excluding hydrogens is 318 g/mol. The Bertz CT molecular complexity index is 902. The number of pyridine rings is 1. The molecule has 6 nitrogen and oxygen atoms in total. The van der Waals surface area contributed by atoms with Gasteiger partial charge in [-0.25, -0.2) is 0 Å². The van der Waals surface area contributed by atoms with Crippen LogP contribution < -0.4 is 15.4 Å². The molecule has 0 aliphatic heterocycles. The molecule has 0 radical (unpaired) electrons. The lowest BCUT2D eigenvalue weighted by atomic mass is 10.2. The van der Waals surface area contributed by atoms with Crippen LogP contribution in [0.3, 0.4) is 0 Å². The first-order chi connectivity index (χ1) is 12.2. The number of methoxy groups -OCH3 is 1. The van der Waals surface area contributed by atoms with E-state index in [1.54, 1.807) is 43.6 Å². The third-order valence-electron chi connectivity index (χ3n) is 3.60. The highest BCUT2D eigenvalue weighted by Crippen LogP contribution is 2.21. The van der Waals surface area contributed by atoms with Crippen LogP contribution in [0.5, 0.6) is 5.75 Å². The molecule has 0 atom stereocenters. The van der Waals surface area contributed by atoms with E-state index in [9.17, 15) is 9.59 Å². The second-order valence-corrected chi connectivity index (χ2v) is 5.38. The summed E-state index contributed by atoms with van der Waals surface area (Å²) in [7, 11) is 1.57. The third-order valence-corrected chi connectivity index (χ3v) is 3.60. The van der Waals surface area contributed by atoms with E-state index in [1.807, 2.05) is 24.3 Å². The zero-order valence-corrected chi connectivity index (χ0v) is 13.7. The SMILES string of the molecule is COc1ccc(NC(=O)CC(=O)Nc2cccc3cccnc23)cc1. The first-order valence-electron chi connectivity index (χ1n) is 7.73. The molecule has 0 saturated heterocycles. The molecule has 1 heterocycles. The van der Waals surface area contributed by atoms with Gasteiger partial charge in [0.1, 0.15) is 12.2 Å². The number of nitrogens with one attached hydrogen (secondary N) is 2. The van der Waals surface area contributed by atoms with E-state index >= 15 is 0 Å². The van der Waals surface area contributed by atoms with E-state index in [-0.39, 0.29) is 6.42 Å². The van der Waals surface area contributed by atoms with Crippen LogP contribution in [-0.4, -0.2) is 23.9 Å². The van der Waals surface area contributed by atoms with E-state index in [0.717, 1.165) is 5.39 Å². The summed E-state index contributed by atoms with van der Waals surface area (Å²) in [4.78, 5) is 28.4. The molecule has 0 saturated carbocycles. The number of rotatable bonds is 5. The molecule has 0 fully saturated rings. The van der Waals surface area contributed by atoms with Gasteiger partial charge in [0, 0.05) is 17.3 Å². The molecule has 25 heavy (non-hydrogen) atoms. The highest BCUT2D eigenvalue weighted by atomic mass is 16.5. The molecule has 3 aromatic rings. The first kappa shape index (κ1) is 16.4. The maximum atomic E-state index is 12.1. The molecular formula is C19H17N3O3. The van der Waals surface area contributed by atoms with E-state index < -0.39 is 11.8 Å². The first-order valence-corrected chi connectivity index (χ1v) is 7.73. The number of nitrogens with zero attached hydrogens (tertiary/aromatic N) is 1. The number of hydrogen-bond donors (Lipinski definition) is 2. The molecule has 0 aliphatic carbocycles. The molecule has 0 unspecified atom stereocenters. The van der Waals surface area contributed by atoms with Gasteiger partial charge in [-0.1, -0.05) is 18.2 Å². The fraction of sp³-hybridized carbons (Fsp3) is 0.105. The molecule has 0 bridgehead atoms. The molecule has 6 heteroatoms. The average Bonchev–Trinajstić information content (AvgIpc) is 2.62. The molecule has 2 N–H and O–H groups in total. The van der Waals surface area contributed by atoms with Crippen LogP contribution in [0.15, 0.2) is 60.8 Å². The van der Waals surface area contributed by atoms with Crippen LogP contribution in [0.2, 0.25) is 0 Å². The summed E-state index contributed by atoms with van der Waals surface area (Å²) in [6, 6.07) is 16.1. The number of amides is 2. The van der Waals surface area contributed by atoms with Crippen molar-refractivity contribution in [2.75, 3.05) is 17.7 Å². The number of hydrogen-bond acceptors (Lipinski definition) is 4. The van der Waals surface area contributed by atoms with Gasteiger partial charge < -0.3 is 15.4 Å². The largest absolute Gasteiger partial charge is 0.497 e. The maximum Gasteiger partial charge on any atom is 0.233 e. The minimum Gasteiger partial charge on any atom is -0.497 e. The van der Waals surface area contributed by atoms with Gasteiger partial charge in [0.25, 0.3) is 0 Å². The summed E-state index contributed by atoms with van der Waals surface area (Å²) in [6.45, 7) is 0. The normalized spacial score (nSPS) is 10.3. The second kappa shape index (κ2) is 7.44. The van der Waals surface area contributed by atoms with Gasteiger partial charge in [-0.15, -0.1) is 0 Å². The van der Waals surface area contributed by atoms with Gasteiger partial charge in [0.2, 0.25) is 11.8 Å². The number of anilines is 2. The summed E-state index contributed by atoms with van der Waals surface area (Å²) in [5, 5.41) is 6.33. The highest BCUT2D eigenvalue weighted by Gasteiger charge is 2.12. The number of carbonyl (C=O) groups excluding carboxylic acids is 2. The molecule has 1 aromatic heterocycles.